The lowest BCUT2D eigenvalue weighted by molar-refractivity contribution is 0.113. The van der Waals surface area contributed by atoms with E-state index in [0.717, 1.165) is 19.0 Å². The molecule has 3 rings (SSSR count). The fraction of sp³-hybridized carbons (Fsp3) is 0.647. The number of rotatable bonds is 4. The molecule has 2 atom stereocenters. The molecule has 0 bridgehead atoms. The Morgan fingerprint density at radius 2 is 1.84 bits per heavy atom. The Hall–Kier alpha value is -0.860. The molecule has 1 aliphatic heterocycles. The van der Waals surface area contributed by atoms with E-state index in [1.807, 2.05) is 0 Å². The van der Waals surface area contributed by atoms with Gasteiger partial charge in [0.1, 0.15) is 0 Å². The highest BCUT2D eigenvalue weighted by atomic mass is 15.2. The Morgan fingerprint density at radius 1 is 1.11 bits per heavy atom. The zero-order valence-corrected chi connectivity index (χ0v) is 12.0. The lowest BCUT2D eigenvalue weighted by Crippen LogP contribution is -2.43. The number of benzene rings is 1. The summed E-state index contributed by atoms with van der Waals surface area (Å²) in [7, 11) is 0. The molecule has 2 unspecified atom stereocenters. The predicted octanol–water partition coefficient (Wildman–Crippen LogP) is 3.12. The fourth-order valence-electron chi connectivity index (χ4n) is 3.22. The summed E-state index contributed by atoms with van der Waals surface area (Å²) in [6.45, 7) is 5.44. The van der Waals surface area contributed by atoms with Crippen LogP contribution in [-0.4, -0.2) is 24.0 Å². The summed E-state index contributed by atoms with van der Waals surface area (Å²) in [5, 5.41) is 0. The van der Waals surface area contributed by atoms with E-state index in [-0.39, 0.29) is 0 Å². The molecule has 1 aliphatic carbocycles. The van der Waals surface area contributed by atoms with Crippen LogP contribution < -0.4 is 5.73 Å². The number of hydrogen-bond acceptors (Lipinski definition) is 2. The summed E-state index contributed by atoms with van der Waals surface area (Å²) in [6, 6.07) is 10.0. The molecule has 2 heteroatoms. The summed E-state index contributed by atoms with van der Waals surface area (Å²) >= 11 is 0. The number of hydrogen-bond donors (Lipinski definition) is 1. The third-order valence-electron chi connectivity index (χ3n) is 4.86. The van der Waals surface area contributed by atoms with E-state index in [0.29, 0.717) is 12.0 Å². The van der Waals surface area contributed by atoms with Crippen LogP contribution in [0.3, 0.4) is 0 Å². The highest BCUT2D eigenvalue weighted by molar-refractivity contribution is 5.28. The lowest BCUT2D eigenvalue weighted by Gasteiger charge is -2.37. The topological polar surface area (TPSA) is 29.3 Å². The standard InChI is InChI=1S/C17H26N2/c1-13-2-3-15(10-18)12-19(13)11-14-4-6-16(7-5-14)17-8-9-17/h4-7,13,15,17H,2-3,8-12,18H2,1H3. The van der Waals surface area contributed by atoms with Crippen LogP contribution in [-0.2, 0) is 6.54 Å². The van der Waals surface area contributed by atoms with Crippen molar-refractivity contribution in [1.82, 2.24) is 4.90 Å². The van der Waals surface area contributed by atoms with Crippen molar-refractivity contribution in [2.45, 2.75) is 51.1 Å². The molecule has 2 aliphatic rings. The maximum absolute atomic E-state index is 5.84. The van der Waals surface area contributed by atoms with Crippen LogP contribution in [0.2, 0.25) is 0 Å². The van der Waals surface area contributed by atoms with Crippen molar-refractivity contribution < 1.29 is 0 Å². The SMILES string of the molecule is CC1CCC(CN)CN1Cc1ccc(C2CC2)cc1. The predicted molar refractivity (Wildman–Crippen MR) is 80.1 cm³/mol. The average molecular weight is 258 g/mol. The zero-order chi connectivity index (χ0) is 13.2. The average Bonchev–Trinajstić information content (AvgIpc) is 3.27. The molecule has 0 aromatic heterocycles. The molecule has 1 aromatic rings. The molecule has 1 heterocycles. The second-order valence-corrected chi connectivity index (χ2v) is 6.47. The van der Waals surface area contributed by atoms with Gasteiger partial charge in [0.25, 0.3) is 0 Å². The maximum Gasteiger partial charge on any atom is 0.0236 e. The molecule has 0 amide bonds. The van der Waals surface area contributed by atoms with Gasteiger partial charge in [-0.2, -0.15) is 0 Å². The van der Waals surface area contributed by atoms with Crippen molar-refractivity contribution in [1.29, 1.82) is 0 Å². The molecule has 1 saturated carbocycles. The van der Waals surface area contributed by atoms with E-state index in [2.05, 4.69) is 36.1 Å². The van der Waals surface area contributed by atoms with Crippen LogP contribution in [0.25, 0.3) is 0 Å². The van der Waals surface area contributed by atoms with Gasteiger partial charge in [-0.1, -0.05) is 24.3 Å². The Balaban J connectivity index is 1.62. The third-order valence-corrected chi connectivity index (χ3v) is 4.86. The number of nitrogens with two attached hydrogens (primary N) is 1. The van der Waals surface area contributed by atoms with E-state index in [1.54, 1.807) is 0 Å². The first kappa shape index (κ1) is 13.1. The lowest BCUT2D eigenvalue weighted by atomic mass is 9.93. The highest BCUT2D eigenvalue weighted by Crippen LogP contribution is 2.40. The first-order chi connectivity index (χ1) is 9.26. The van der Waals surface area contributed by atoms with Gasteiger partial charge in [0.2, 0.25) is 0 Å². The van der Waals surface area contributed by atoms with Crippen LogP contribution in [0.4, 0.5) is 0 Å². The second-order valence-electron chi connectivity index (χ2n) is 6.47. The molecule has 19 heavy (non-hydrogen) atoms. The van der Waals surface area contributed by atoms with Gasteiger partial charge in [-0.15, -0.1) is 0 Å². The fourth-order valence-corrected chi connectivity index (χ4v) is 3.22. The Labute approximate surface area is 117 Å². The molecule has 1 aromatic carbocycles. The maximum atomic E-state index is 5.84. The van der Waals surface area contributed by atoms with Crippen molar-refractivity contribution in [2.24, 2.45) is 11.7 Å². The van der Waals surface area contributed by atoms with Crippen LogP contribution >= 0.6 is 0 Å². The van der Waals surface area contributed by atoms with E-state index in [1.165, 1.54) is 43.4 Å². The minimum Gasteiger partial charge on any atom is -0.330 e. The first-order valence-electron chi connectivity index (χ1n) is 7.79. The van der Waals surface area contributed by atoms with E-state index in [9.17, 15) is 0 Å². The number of piperidine rings is 1. The van der Waals surface area contributed by atoms with Crippen molar-refractivity contribution in [2.75, 3.05) is 13.1 Å². The molecule has 1 saturated heterocycles. The normalized spacial score (nSPS) is 28.5. The van der Waals surface area contributed by atoms with Gasteiger partial charge in [0.05, 0.1) is 0 Å². The molecule has 2 nitrogen and oxygen atoms in total. The van der Waals surface area contributed by atoms with E-state index < -0.39 is 0 Å². The zero-order valence-electron chi connectivity index (χ0n) is 12.0. The summed E-state index contributed by atoms with van der Waals surface area (Å²) in [6.07, 6.45) is 5.37. The van der Waals surface area contributed by atoms with Crippen LogP contribution in [0, 0.1) is 5.92 Å². The van der Waals surface area contributed by atoms with Crippen LogP contribution in [0.15, 0.2) is 24.3 Å². The van der Waals surface area contributed by atoms with Crippen LogP contribution in [0.1, 0.15) is 49.7 Å². The Morgan fingerprint density at radius 3 is 2.47 bits per heavy atom. The minimum atomic E-state index is 0.696. The Bertz CT molecular complexity index is 408. The monoisotopic (exact) mass is 258 g/mol. The quantitative estimate of drug-likeness (QED) is 0.899. The summed E-state index contributed by atoms with van der Waals surface area (Å²) < 4.78 is 0. The van der Waals surface area contributed by atoms with Crippen molar-refractivity contribution in [3.63, 3.8) is 0 Å². The number of likely N-dealkylation sites (tertiary alicyclic amines) is 1. The summed E-state index contributed by atoms with van der Waals surface area (Å²) in [4.78, 5) is 2.60. The van der Waals surface area contributed by atoms with Gasteiger partial charge >= 0.3 is 0 Å². The molecule has 2 N–H and O–H groups in total. The Kier molecular flexibility index (Phi) is 3.90. The van der Waals surface area contributed by atoms with E-state index >= 15 is 0 Å². The third kappa shape index (κ3) is 3.18. The second kappa shape index (κ2) is 5.64. The van der Waals surface area contributed by atoms with Crippen molar-refractivity contribution in [3.8, 4) is 0 Å². The largest absolute Gasteiger partial charge is 0.330 e. The van der Waals surface area contributed by atoms with Gasteiger partial charge in [-0.05, 0) is 62.1 Å². The molecule has 0 spiro atoms. The first-order valence-corrected chi connectivity index (χ1v) is 7.79. The van der Waals surface area contributed by atoms with E-state index in [4.69, 9.17) is 5.73 Å². The molecular formula is C17H26N2. The van der Waals surface area contributed by atoms with Crippen molar-refractivity contribution >= 4 is 0 Å². The smallest absolute Gasteiger partial charge is 0.0236 e. The summed E-state index contributed by atoms with van der Waals surface area (Å²) in [5.41, 5.74) is 8.83. The minimum absolute atomic E-state index is 0.696. The van der Waals surface area contributed by atoms with Gasteiger partial charge in [0.15, 0.2) is 0 Å². The van der Waals surface area contributed by atoms with Gasteiger partial charge < -0.3 is 5.73 Å². The molecule has 2 fully saturated rings. The van der Waals surface area contributed by atoms with Crippen LogP contribution in [0.5, 0.6) is 0 Å². The van der Waals surface area contributed by atoms with Gasteiger partial charge in [0, 0.05) is 19.1 Å². The molecule has 104 valence electrons. The highest BCUT2D eigenvalue weighted by Gasteiger charge is 2.25. The molecular weight excluding hydrogens is 232 g/mol. The van der Waals surface area contributed by atoms with Gasteiger partial charge in [-0.25, -0.2) is 0 Å². The molecule has 0 radical (unpaired) electrons. The van der Waals surface area contributed by atoms with Gasteiger partial charge in [-0.3, -0.25) is 4.90 Å². The summed E-state index contributed by atoms with van der Waals surface area (Å²) in [5.74, 6) is 1.56. The van der Waals surface area contributed by atoms with Crippen molar-refractivity contribution in [3.05, 3.63) is 35.4 Å². The number of nitrogens with zero attached hydrogens (tertiary/aromatic N) is 1.